The van der Waals surface area contributed by atoms with Crippen molar-refractivity contribution in [2.24, 2.45) is 0 Å². The molecule has 0 aliphatic carbocycles. The third-order valence-electron chi connectivity index (χ3n) is 3.62. The first-order valence-electron chi connectivity index (χ1n) is 7.36. The van der Waals surface area contributed by atoms with E-state index in [1.807, 2.05) is 30.3 Å². The first kappa shape index (κ1) is 17.0. The van der Waals surface area contributed by atoms with Crippen LogP contribution in [-0.2, 0) is 17.9 Å². The Balaban J connectivity index is 1.74. The predicted molar refractivity (Wildman–Crippen MR) is 86.5 cm³/mol. The normalized spacial score (nSPS) is 16.6. The highest BCUT2D eigenvalue weighted by atomic mass is 32.2. The van der Waals surface area contributed by atoms with E-state index in [4.69, 9.17) is 10.2 Å². The summed E-state index contributed by atoms with van der Waals surface area (Å²) in [5, 5.41) is 26.5. The number of rotatable bonds is 5. The highest BCUT2D eigenvalue weighted by molar-refractivity contribution is 7.99. The molecule has 1 amide bonds. The molecule has 130 valence electrons. The van der Waals surface area contributed by atoms with Crippen molar-refractivity contribution in [3.8, 4) is 0 Å². The first-order chi connectivity index (χ1) is 12.0. The van der Waals surface area contributed by atoms with Gasteiger partial charge in [-0.05, 0) is 12.1 Å². The number of fused-ring (bicyclic) bond motifs is 1. The molecule has 25 heavy (non-hydrogen) atoms. The molecule has 2 heterocycles. The number of carboxylic acid groups (broad SMARTS) is 2. The minimum atomic E-state index is -1.78. The van der Waals surface area contributed by atoms with Crippen LogP contribution in [-0.4, -0.2) is 59.7 Å². The van der Waals surface area contributed by atoms with Gasteiger partial charge in [-0.1, -0.05) is 18.2 Å². The Labute approximate surface area is 146 Å². The van der Waals surface area contributed by atoms with Crippen molar-refractivity contribution in [1.29, 1.82) is 0 Å². The van der Waals surface area contributed by atoms with Crippen molar-refractivity contribution in [2.75, 3.05) is 5.75 Å². The summed E-state index contributed by atoms with van der Waals surface area (Å²) in [6.45, 7) is 0.129. The van der Waals surface area contributed by atoms with Gasteiger partial charge in [-0.25, -0.2) is 9.59 Å². The van der Waals surface area contributed by atoms with Crippen molar-refractivity contribution in [3.63, 3.8) is 0 Å². The molecule has 1 unspecified atom stereocenters. The number of ketones is 1. The van der Waals surface area contributed by atoms with Crippen LogP contribution in [0.3, 0.4) is 0 Å². The van der Waals surface area contributed by atoms with E-state index in [2.05, 4.69) is 10.2 Å². The quantitative estimate of drug-likeness (QED) is 0.600. The SMILES string of the molecule is O=C(O)C1C(=O)c2nn(CCSc3ccccc3)nc2CN1C(=O)O. The predicted octanol–water partition coefficient (Wildman–Crippen LogP) is 1.20. The van der Waals surface area contributed by atoms with Gasteiger partial charge in [0.1, 0.15) is 5.69 Å². The molecule has 2 aromatic rings. The van der Waals surface area contributed by atoms with Gasteiger partial charge in [0.25, 0.3) is 0 Å². The molecule has 1 atom stereocenters. The highest BCUT2D eigenvalue weighted by Crippen LogP contribution is 2.22. The summed E-state index contributed by atoms with van der Waals surface area (Å²) in [6, 6.07) is 7.94. The van der Waals surface area contributed by atoms with Crippen molar-refractivity contribution in [3.05, 3.63) is 41.7 Å². The number of thioether (sulfide) groups is 1. The Hall–Kier alpha value is -2.88. The summed E-state index contributed by atoms with van der Waals surface area (Å²) in [5.41, 5.74) is 0.101. The van der Waals surface area contributed by atoms with Crippen LogP contribution in [0.25, 0.3) is 0 Å². The Morgan fingerprint density at radius 3 is 2.56 bits per heavy atom. The van der Waals surface area contributed by atoms with Crippen LogP contribution < -0.4 is 0 Å². The van der Waals surface area contributed by atoms with Crippen LogP contribution in [0.1, 0.15) is 16.2 Å². The van der Waals surface area contributed by atoms with E-state index in [1.165, 1.54) is 4.80 Å². The average Bonchev–Trinajstić information content (AvgIpc) is 2.98. The van der Waals surface area contributed by atoms with E-state index in [0.717, 1.165) is 4.90 Å². The van der Waals surface area contributed by atoms with Crippen molar-refractivity contribution in [2.45, 2.75) is 24.0 Å². The van der Waals surface area contributed by atoms with E-state index in [-0.39, 0.29) is 17.9 Å². The smallest absolute Gasteiger partial charge is 0.408 e. The minimum absolute atomic E-state index is 0.0744. The molecule has 1 aromatic heterocycles. The molecular formula is C15H14N4O5S. The maximum atomic E-state index is 12.3. The summed E-state index contributed by atoms with van der Waals surface area (Å²) in [6.07, 6.45) is -1.49. The third kappa shape index (κ3) is 3.48. The van der Waals surface area contributed by atoms with Crippen LogP contribution in [0.4, 0.5) is 4.79 Å². The number of amides is 1. The zero-order chi connectivity index (χ0) is 18.0. The number of carbonyl (C=O) groups is 3. The number of carbonyl (C=O) groups excluding carboxylic acids is 1. The lowest BCUT2D eigenvalue weighted by atomic mass is 10.0. The largest absolute Gasteiger partial charge is 0.479 e. The van der Waals surface area contributed by atoms with Gasteiger partial charge in [0.15, 0.2) is 11.7 Å². The topological polar surface area (TPSA) is 126 Å². The molecule has 3 rings (SSSR count). The zero-order valence-electron chi connectivity index (χ0n) is 12.9. The van der Waals surface area contributed by atoms with Crippen LogP contribution in [0.5, 0.6) is 0 Å². The lowest BCUT2D eigenvalue weighted by Gasteiger charge is -2.27. The van der Waals surface area contributed by atoms with Crippen molar-refractivity contribution in [1.82, 2.24) is 19.9 Å². The number of hydrogen-bond donors (Lipinski definition) is 2. The van der Waals surface area contributed by atoms with Crippen LogP contribution in [0.15, 0.2) is 35.2 Å². The second-order valence-electron chi connectivity index (χ2n) is 5.27. The van der Waals surface area contributed by atoms with Gasteiger partial charge in [0.2, 0.25) is 5.78 Å². The molecular weight excluding hydrogens is 348 g/mol. The first-order valence-corrected chi connectivity index (χ1v) is 8.34. The maximum absolute atomic E-state index is 12.3. The molecule has 0 radical (unpaired) electrons. The number of benzene rings is 1. The molecule has 1 aliphatic rings. The number of hydrogen-bond acceptors (Lipinski definition) is 6. The van der Waals surface area contributed by atoms with Gasteiger partial charge in [0, 0.05) is 10.6 Å². The Kier molecular flexibility index (Phi) is 4.70. The van der Waals surface area contributed by atoms with E-state index in [0.29, 0.717) is 17.2 Å². The van der Waals surface area contributed by atoms with Gasteiger partial charge in [-0.3, -0.25) is 9.69 Å². The van der Waals surface area contributed by atoms with Crippen molar-refractivity contribution < 1.29 is 24.6 Å². The van der Waals surface area contributed by atoms with Crippen LogP contribution in [0, 0.1) is 0 Å². The monoisotopic (exact) mass is 362 g/mol. The Bertz CT molecular complexity index is 823. The van der Waals surface area contributed by atoms with Gasteiger partial charge in [-0.2, -0.15) is 9.90 Å². The van der Waals surface area contributed by atoms with E-state index < -0.39 is 23.9 Å². The lowest BCUT2D eigenvalue weighted by Crippen LogP contribution is -2.52. The number of aromatic nitrogens is 3. The van der Waals surface area contributed by atoms with Gasteiger partial charge < -0.3 is 10.2 Å². The summed E-state index contributed by atoms with van der Waals surface area (Å²) in [7, 11) is 0. The number of aryl methyl sites for hydroxylation is 1. The molecule has 10 heteroatoms. The average molecular weight is 362 g/mol. The Morgan fingerprint density at radius 1 is 1.20 bits per heavy atom. The zero-order valence-corrected chi connectivity index (χ0v) is 13.7. The highest BCUT2D eigenvalue weighted by Gasteiger charge is 2.44. The fourth-order valence-corrected chi connectivity index (χ4v) is 3.33. The number of carboxylic acids is 1. The van der Waals surface area contributed by atoms with E-state index in [9.17, 15) is 14.4 Å². The lowest BCUT2D eigenvalue weighted by molar-refractivity contribution is -0.141. The van der Waals surface area contributed by atoms with Gasteiger partial charge in [0.05, 0.1) is 13.1 Å². The molecule has 1 aliphatic heterocycles. The molecule has 0 saturated heterocycles. The molecule has 0 spiro atoms. The minimum Gasteiger partial charge on any atom is -0.479 e. The van der Waals surface area contributed by atoms with Crippen LogP contribution >= 0.6 is 11.8 Å². The van der Waals surface area contributed by atoms with Crippen LogP contribution in [0.2, 0.25) is 0 Å². The summed E-state index contributed by atoms with van der Waals surface area (Å²) >= 11 is 1.59. The summed E-state index contributed by atoms with van der Waals surface area (Å²) in [5.74, 6) is -1.73. The molecule has 0 bridgehead atoms. The molecule has 0 fully saturated rings. The fourth-order valence-electron chi connectivity index (χ4n) is 2.49. The Morgan fingerprint density at radius 2 is 1.92 bits per heavy atom. The fraction of sp³-hybridized carbons (Fsp3) is 0.267. The van der Waals surface area contributed by atoms with Gasteiger partial charge in [-0.15, -0.1) is 16.9 Å². The number of Topliss-reactive ketones (excluding diaryl/α,β-unsaturated/α-hetero) is 1. The molecule has 2 N–H and O–H groups in total. The molecule has 9 nitrogen and oxygen atoms in total. The second-order valence-corrected chi connectivity index (χ2v) is 6.44. The summed E-state index contributed by atoms with van der Waals surface area (Å²) < 4.78 is 0. The molecule has 1 aromatic carbocycles. The number of nitrogens with zero attached hydrogens (tertiary/aromatic N) is 4. The van der Waals surface area contributed by atoms with E-state index >= 15 is 0 Å². The standard InChI is InChI=1S/C15H14N4O5S/c20-13-11-10(8-18(15(23)24)12(13)14(21)22)16-19(17-11)6-7-25-9-4-2-1-3-5-9/h1-5,12H,6-8H2,(H,21,22)(H,23,24). The van der Waals surface area contributed by atoms with Gasteiger partial charge >= 0.3 is 12.1 Å². The summed E-state index contributed by atoms with van der Waals surface area (Å²) in [4.78, 5) is 37.7. The van der Waals surface area contributed by atoms with Crippen molar-refractivity contribution >= 4 is 29.6 Å². The maximum Gasteiger partial charge on any atom is 0.408 e. The van der Waals surface area contributed by atoms with E-state index in [1.54, 1.807) is 11.8 Å². The second kappa shape index (κ2) is 6.93. The number of aliphatic carboxylic acids is 1. The third-order valence-corrected chi connectivity index (χ3v) is 4.61. The molecule has 0 saturated carbocycles.